The van der Waals surface area contributed by atoms with Crippen molar-refractivity contribution in [3.63, 3.8) is 0 Å². The van der Waals surface area contributed by atoms with Gasteiger partial charge >= 0.3 is 0 Å². The van der Waals surface area contributed by atoms with Crippen molar-refractivity contribution < 1.29 is 16.8 Å². The van der Waals surface area contributed by atoms with Crippen molar-refractivity contribution in [1.82, 2.24) is 34.5 Å². The highest BCUT2D eigenvalue weighted by molar-refractivity contribution is 7.91. The summed E-state index contributed by atoms with van der Waals surface area (Å²) in [6.45, 7) is 0. The van der Waals surface area contributed by atoms with Gasteiger partial charge in [0.15, 0.2) is 42.7 Å². The molecule has 0 spiro atoms. The Morgan fingerprint density at radius 2 is 0.889 bits per heavy atom. The standard InChI is InChI=1S/C35H29N13O4S2/c1-53(49,50)26-17-13-24(14-18-26)41-43-30-28(22-9-5-3-6-10-22)45-47(32(30)36)34-38-21-39-35(40-34)48-33(37)31(29(46-48)23-11-7-4-8-12-23)44-42-25-15-19-27(20-16-25)54(2,51)52/h3-21H,36-37H2,1-2H3/b43-41+,44-42+. The minimum atomic E-state index is -3.39. The number of sulfone groups is 2. The van der Waals surface area contributed by atoms with Gasteiger partial charge in [-0.15, -0.1) is 10.2 Å². The fraction of sp³-hybridized carbons (Fsp3) is 0.0571. The van der Waals surface area contributed by atoms with E-state index in [1.54, 1.807) is 0 Å². The Labute approximate surface area is 308 Å². The van der Waals surface area contributed by atoms with Gasteiger partial charge in [0.05, 0.1) is 21.2 Å². The predicted molar refractivity (Wildman–Crippen MR) is 201 cm³/mol. The number of nitrogens with two attached hydrogens (primary N) is 2. The topological polar surface area (TPSA) is 244 Å². The molecule has 0 bridgehead atoms. The number of nitrogens with zero attached hydrogens (tertiary/aromatic N) is 11. The van der Waals surface area contributed by atoms with Gasteiger partial charge in [0, 0.05) is 23.6 Å². The van der Waals surface area contributed by atoms with Crippen LogP contribution in [0.25, 0.3) is 34.4 Å². The largest absolute Gasteiger partial charge is 0.382 e. The van der Waals surface area contributed by atoms with Crippen molar-refractivity contribution in [3.05, 3.63) is 116 Å². The molecular weight excluding hydrogens is 731 g/mol. The molecule has 7 aromatic rings. The molecule has 0 aliphatic carbocycles. The molecule has 3 heterocycles. The van der Waals surface area contributed by atoms with Crippen LogP contribution in [-0.4, -0.2) is 63.9 Å². The third-order valence-electron chi connectivity index (χ3n) is 7.87. The molecule has 270 valence electrons. The average Bonchev–Trinajstić information content (AvgIpc) is 3.69. The summed E-state index contributed by atoms with van der Waals surface area (Å²) in [5, 5.41) is 26.8. The highest BCUT2D eigenvalue weighted by atomic mass is 32.2. The minimum Gasteiger partial charge on any atom is -0.382 e. The molecule has 0 saturated heterocycles. The average molecular weight is 760 g/mol. The summed E-state index contributed by atoms with van der Waals surface area (Å²) in [5.41, 5.74) is 16.6. The second kappa shape index (κ2) is 14.2. The van der Waals surface area contributed by atoms with Crippen LogP contribution in [0.4, 0.5) is 34.4 Å². The van der Waals surface area contributed by atoms with Gasteiger partial charge in [-0.3, -0.25) is 0 Å². The second-order valence-corrected chi connectivity index (χ2v) is 15.8. The van der Waals surface area contributed by atoms with Crippen LogP contribution in [0.2, 0.25) is 0 Å². The first-order chi connectivity index (χ1) is 25.9. The molecule has 0 aliphatic heterocycles. The van der Waals surface area contributed by atoms with Crippen LogP contribution in [0.3, 0.4) is 0 Å². The number of azo groups is 2. The van der Waals surface area contributed by atoms with Gasteiger partial charge in [-0.05, 0) is 48.5 Å². The molecule has 0 unspecified atom stereocenters. The third kappa shape index (κ3) is 7.34. The Bertz CT molecular complexity index is 2580. The zero-order chi connectivity index (χ0) is 38.0. The van der Waals surface area contributed by atoms with E-state index in [4.69, 9.17) is 21.7 Å². The van der Waals surface area contributed by atoms with Crippen molar-refractivity contribution >= 4 is 54.1 Å². The Hall–Kier alpha value is -6.99. The molecule has 19 heteroatoms. The van der Waals surface area contributed by atoms with Gasteiger partial charge in [0.25, 0.3) is 11.9 Å². The highest BCUT2D eigenvalue weighted by Gasteiger charge is 2.23. The number of benzene rings is 4. The van der Waals surface area contributed by atoms with Crippen LogP contribution in [0.1, 0.15) is 0 Å². The number of hydrogen-bond donors (Lipinski definition) is 2. The summed E-state index contributed by atoms with van der Waals surface area (Å²) >= 11 is 0. The normalized spacial score (nSPS) is 12.2. The van der Waals surface area contributed by atoms with E-state index in [0.29, 0.717) is 33.9 Å². The predicted octanol–water partition coefficient (Wildman–Crippen LogP) is 6.38. The van der Waals surface area contributed by atoms with Crippen LogP contribution in [0, 0.1) is 0 Å². The third-order valence-corrected chi connectivity index (χ3v) is 10.1. The van der Waals surface area contributed by atoms with Gasteiger partial charge in [-0.25, -0.2) is 16.8 Å². The fourth-order valence-corrected chi connectivity index (χ4v) is 6.41. The molecule has 4 N–H and O–H groups in total. The molecule has 0 amide bonds. The van der Waals surface area contributed by atoms with Crippen molar-refractivity contribution in [2.75, 3.05) is 24.0 Å². The van der Waals surface area contributed by atoms with Crippen LogP contribution in [-0.2, 0) is 19.7 Å². The van der Waals surface area contributed by atoms with Crippen molar-refractivity contribution in [2.24, 2.45) is 20.5 Å². The van der Waals surface area contributed by atoms with E-state index in [1.807, 2.05) is 60.7 Å². The molecule has 54 heavy (non-hydrogen) atoms. The Morgan fingerprint density at radius 1 is 0.519 bits per heavy atom. The molecule has 4 aromatic carbocycles. The molecule has 0 saturated carbocycles. The molecule has 0 aliphatic rings. The fourth-order valence-electron chi connectivity index (χ4n) is 5.15. The van der Waals surface area contributed by atoms with Gasteiger partial charge in [0.2, 0.25) is 0 Å². The molecular formula is C35H29N13O4S2. The van der Waals surface area contributed by atoms with Crippen LogP contribution in [0.15, 0.2) is 146 Å². The van der Waals surface area contributed by atoms with Crippen molar-refractivity contribution in [2.45, 2.75) is 9.79 Å². The summed E-state index contributed by atoms with van der Waals surface area (Å²) in [6, 6.07) is 30.2. The van der Waals surface area contributed by atoms with Crippen LogP contribution in [0.5, 0.6) is 0 Å². The Morgan fingerprint density at radius 3 is 1.24 bits per heavy atom. The lowest BCUT2D eigenvalue weighted by Gasteiger charge is -2.05. The summed E-state index contributed by atoms with van der Waals surface area (Å²) in [6.07, 6.45) is 3.49. The first-order valence-corrected chi connectivity index (χ1v) is 19.7. The molecule has 7 rings (SSSR count). The van der Waals surface area contributed by atoms with Crippen LogP contribution >= 0.6 is 0 Å². The Balaban J connectivity index is 1.29. The molecule has 0 atom stereocenters. The minimum absolute atomic E-state index is 0.0129. The SMILES string of the molecule is CS(=O)(=O)c1ccc(/N=N/c2c(-c3ccccc3)nn(-c3ncnc(-n4nc(-c5ccccc5)c(/N=N/c5ccc(S(C)(=O)=O)cc5)c4N)n3)c2N)cc1. The second-order valence-electron chi connectivity index (χ2n) is 11.7. The van der Waals surface area contributed by atoms with E-state index in [-0.39, 0.29) is 44.7 Å². The maximum absolute atomic E-state index is 11.9. The first-order valence-electron chi connectivity index (χ1n) is 15.9. The smallest absolute Gasteiger partial charge is 0.257 e. The van der Waals surface area contributed by atoms with Gasteiger partial charge in [0.1, 0.15) is 17.7 Å². The quantitative estimate of drug-likeness (QED) is 0.145. The zero-order valence-corrected chi connectivity index (χ0v) is 30.1. The number of nitrogen functional groups attached to an aromatic ring is 2. The number of anilines is 2. The zero-order valence-electron chi connectivity index (χ0n) is 28.5. The number of hydrogen-bond acceptors (Lipinski definition) is 15. The number of rotatable bonds is 10. The first kappa shape index (κ1) is 35.4. The van der Waals surface area contributed by atoms with Gasteiger partial charge < -0.3 is 11.5 Å². The maximum Gasteiger partial charge on any atom is 0.257 e. The monoisotopic (exact) mass is 759 g/mol. The maximum atomic E-state index is 11.9. The number of aromatic nitrogens is 7. The molecule has 17 nitrogen and oxygen atoms in total. The van der Waals surface area contributed by atoms with E-state index in [1.165, 1.54) is 64.2 Å². The van der Waals surface area contributed by atoms with E-state index in [0.717, 1.165) is 12.5 Å². The summed E-state index contributed by atoms with van der Waals surface area (Å²) in [5.74, 6) is 0.132. The van der Waals surface area contributed by atoms with E-state index >= 15 is 0 Å². The molecule has 3 aromatic heterocycles. The summed E-state index contributed by atoms with van der Waals surface area (Å²) in [4.78, 5) is 13.5. The van der Waals surface area contributed by atoms with E-state index in [2.05, 4.69) is 35.4 Å². The van der Waals surface area contributed by atoms with Crippen LogP contribution < -0.4 is 11.5 Å². The van der Waals surface area contributed by atoms with Crippen molar-refractivity contribution in [3.8, 4) is 34.4 Å². The van der Waals surface area contributed by atoms with E-state index < -0.39 is 19.7 Å². The lowest BCUT2D eigenvalue weighted by molar-refractivity contribution is 0.600. The van der Waals surface area contributed by atoms with E-state index in [9.17, 15) is 16.8 Å². The Kier molecular flexibility index (Phi) is 9.31. The van der Waals surface area contributed by atoms with Crippen molar-refractivity contribution in [1.29, 1.82) is 0 Å². The summed E-state index contributed by atoms with van der Waals surface area (Å²) in [7, 11) is -6.78. The highest BCUT2D eigenvalue weighted by Crippen LogP contribution is 2.39. The summed E-state index contributed by atoms with van der Waals surface area (Å²) < 4.78 is 50.2. The van der Waals surface area contributed by atoms with Gasteiger partial charge in [-0.1, -0.05) is 60.7 Å². The van der Waals surface area contributed by atoms with Gasteiger partial charge in [-0.2, -0.15) is 44.7 Å². The lowest BCUT2D eigenvalue weighted by Crippen LogP contribution is -2.12. The molecule has 0 fully saturated rings. The lowest BCUT2D eigenvalue weighted by atomic mass is 10.1. The molecule has 0 radical (unpaired) electrons.